The number of hydrogen-bond acceptors (Lipinski definition) is 7. The highest BCUT2D eigenvalue weighted by Crippen LogP contribution is 2.33. The first-order valence-corrected chi connectivity index (χ1v) is 9.26. The number of aromatic nitrogens is 5. The van der Waals surface area contributed by atoms with E-state index < -0.39 is 0 Å². The normalized spacial score (nSPS) is 10.6. The van der Waals surface area contributed by atoms with Gasteiger partial charge in [0.15, 0.2) is 0 Å². The van der Waals surface area contributed by atoms with Gasteiger partial charge < -0.3 is 10.5 Å². The number of nitrogens with zero attached hydrogens (tertiary/aromatic N) is 6. The van der Waals surface area contributed by atoms with Crippen LogP contribution in [0.5, 0.6) is 5.75 Å². The predicted octanol–water partition coefficient (Wildman–Crippen LogP) is 3.22. The van der Waals surface area contributed by atoms with Gasteiger partial charge in [0.25, 0.3) is 0 Å². The van der Waals surface area contributed by atoms with Gasteiger partial charge in [-0.3, -0.25) is 0 Å². The maximum Gasteiger partial charge on any atom is 0.221 e. The molecular formula is C22H19N7O. The monoisotopic (exact) mass is 397 g/mol. The Labute approximate surface area is 173 Å². The molecule has 0 spiro atoms. The van der Waals surface area contributed by atoms with Gasteiger partial charge >= 0.3 is 0 Å². The molecule has 148 valence electrons. The number of benzene rings is 2. The number of hydrogen-bond donors (Lipinski definition) is 1. The third-order valence-electron chi connectivity index (χ3n) is 4.75. The van der Waals surface area contributed by atoms with E-state index in [0.29, 0.717) is 40.5 Å². The van der Waals surface area contributed by atoms with Crippen molar-refractivity contribution in [3.63, 3.8) is 0 Å². The number of nitrogen functional groups attached to an aromatic ring is 1. The van der Waals surface area contributed by atoms with Crippen LogP contribution in [0.15, 0.2) is 54.7 Å². The Morgan fingerprint density at radius 2 is 1.87 bits per heavy atom. The molecule has 0 aliphatic rings. The molecule has 0 bridgehead atoms. The average Bonchev–Trinajstić information content (AvgIpc) is 3.23. The Balaban J connectivity index is 1.71. The molecule has 0 aliphatic carbocycles. The minimum absolute atomic E-state index is 0.0976. The fraction of sp³-hybridized carbons (Fsp3) is 0.136. The number of ether oxygens (including phenoxy) is 1. The zero-order valence-corrected chi connectivity index (χ0v) is 16.6. The highest BCUT2D eigenvalue weighted by Gasteiger charge is 2.16. The standard InChI is InChI=1S/C22H19N7O/c1-14-6-3-4-7-16(14)12-29-13-20(27-28-29)19-10-18(25-22(24)26-19)17-9-5-8-15(11-23)21(17)30-2/h3-10,13H,12H2,1-2H3,(H2,24,25,26). The van der Waals surface area contributed by atoms with Crippen LogP contribution in [0.2, 0.25) is 0 Å². The van der Waals surface area contributed by atoms with Gasteiger partial charge in [0.2, 0.25) is 5.95 Å². The van der Waals surface area contributed by atoms with Crippen molar-refractivity contribution in [2.75, 3.05) is 12.8 Å². The van der Waals surface area contributed by atoms with Crippen molar-refractivity contribution in [3.05, 3.63) is 71.4 Å². The van der Waals surface area contributed by atoms with Crippen LogP contribution in [0, 0.1) is 18.3 Å². The number of aryl methyl sites for hydroxylation is 1. The average molecular weight is 397 g/mol. The molecule has 0 amide bonds. The first kappa shape index (κ1) is 19.1. The molecule has 2 N–H and O–H groups in total. The van der Waals surface area contributed by atoms with E-state index in [1.54, 1.807) is 22.9 Å². The number of anilines is 1. The molecule has 8 nitrogen and oxygen atoms in total. The summed E-state index contributed by atoms with van der Waals surface area (Å²) in [5.74, 6) is 0.535. The lowest BCUT2D eigenvalue weighted by molar-refractivity contribution is 0.415. The number of para-hydroxylation sites is 1. The third kappa shape index (κ3) is 3.69. The van der Waals surface area contributed by atoms with Crippen molar-refractivity contribution >= 4 is 5.95 Å². The summed E-state index contributed by atoms with van der Waals surface area (Å²) in [7, 11) is 1.52. The number of nitriles is 1. The van der Waals surface area contributed by atoms with E-state index in [2.05, 4.69) is 45.4 Å². The fourth-order valence-corrected chi connectivity index (χ4v) is 3.24. The SMILES string of the molecule is COc1c(C#N)cccc1-c1cc(-c2cn(Cc3ccccc3C)nn2)nc(N)n1. The molecule has 8 heteroatoms. The first-order chi connectivity index (χ1) is 14.6. The molecule has 0 atom stereocenters. The first-order valence-electron chi connectivity index (χ1n) is 9.26. The molecule has 4 aromatic rings. The highest BCUT2D eigenvalue weighted by molar-refractivity contribution is 5.74. The Hall–Kier alpha value is -4.25. The molecular weight excluding hydrogens is 378 g/mol. The quantitative estimate of drug-likeness (QED) is 0.549. The molecule has 0 radical (unpaired) electrons. The number of methoxy groups -OCH3 is 1. The zero-order valence-electron chi connectivity index (χ0n) is 16.6. The minimum Gasteiger partial charge on any atom is -0.495 e. The Morgan fingerprint density at radius 1 is 1.07 bits per heavy atom. The van der Waals surface area contributed by atoms with Crippen molar-refractivity contribution in [2.24, 2.45) is 0 Å². The van der Waals surface area contributed by atoms with Crippen LogP contribution in [0.3, 0.4) is 0 Å². The molecule has 30 heavy (non-hydrogen) atoms. The summed E-state index contributed by atoms with van der Waals surface area (Å²) in [6.45, 7) is 2.67. The Bertz CT molecular complexity index is 1260. The van der Waals surface area contributed by atoms with Crippen LogP contribution in [-0.2, 0) is 6.54 Å². The topological polar surface area (TPSA) is 116 Å². The Kier molecular flexibility index (Phi) is 5.09. The van der Waals surface area contributed by atoms with Gasteiger partial charge in [0.1, 0.15) is 17.5 Å². The molecule has 0 saturated heterocycles. The maximum absolute atomic E-state index is 9.34. The van der Waals surface area contributed by atoms with E-state index in [9.17, 15) is 5.26 Å². The molecule has 4 rings (SSSR count). The van der Waals surface area contributed by atoms with E-state index in [4.69, 9.17) is 10.5 Å². The van der Waals surface area contributed by atoms with Crippen LogP contribution in [0.4, 0.5) is 5.95 Å². The van der Waals surface area contributed by atoms with Gasteiger partial charge in [-0.1, -0.05) is 35.5 Å². The number of rotatable bonds is 5. The van der Waals surface area contributed by atoms with E-state index in [0.717, 1.165) is 5.56 Å². The summed E-state index contributed by atoms with van der Waals surface area (Å²) < 4.78 is 7.19. The van der Waals surface area contributed by atoms with Gasteiger partial charge in [-0.2, -0.15) is 5.26 Å². The lowest BCUT2D eigenvalue weighted by Gasteiger charge is -2.10. The summed E-state index contributed by atoms with van der Waals surface area (Å²) in [6, 6.07) is 17.3. The predicted molar refractivity (Wildman–Crippen MR) is 112 cm³/mol. The van der Waals surface area contributed by atoms with E-state index in [1.807, 2.05) is 24.4 Å². The van der Waals surface area contributed by atoms with Crippen LogP contribution in [0.1, 0.15) is 16.7 Å². The van der Waals surface area contributed by atoms with Crippen molar-refractivity contribution in [2.45, 2.75) is 13.5 Å². The third-order valence-corrected chi connectivity index (χ3v) is 4.75. The van der Waals surface area contributed by atoms with Gasteiger partial charge in [0.05, 0.1) is 36.8 Å². The van der Waals surface area contributed by atoms with Crippen LogP contribution in [-0.4, -0.2) is 32.1 Å². The lowest BCUT2D eigenvalue weighted by atomic mass is 10.1. The van der Waals surface area contributed by atoms with Crippen LogP contribution in [0.25, 0.3) is 22.6 Å². The van der Waals surface area contributed by atoms with E-state index in [1.165, 1.54) is 12.7 Å². The van der Waals surface area contributed by atoms with Gasteiger partial charge in [-0.15, -0.1) is 5.10 Å². The van der Waals surface area contributed by atoms with Crippen molar-refractivity contribution < 1.29 is 4.74 Å². The van der Waals surface area contributed by atoms with Crippen molar-refractivity contribution in [1.29, 1.82) is 5.26 Å². The summed E-state index contributed by atoms with van der Waals surface area (Å²) >= 11 is 0. The molecule has 2 heterocycles. The van der Waals surface area contributed by atoms with Crippen molar-refractivity contribution in [1.82, 2.24) is 25.0 Å². The molecule has 0 fully saturated rings. The summed E-state index contributed by atoms with van der Waals surface area (Å²) in [6.07, 6.45) is 1.82. The summed E-state index contributed by atoms with van der Waals surface area (Å²) in [4.78, 5) is 8.63. The second-order valence-electron chi connectivity index (χ2n) is 6.72. The molecule has 0 aliphatic heterocycles. The maximum atomic E-state index is 9.34. The van der Waals surface area contributed by atoms with Gasteiger partial charge in [0, 0.05) is 5.56 Å². The van der Waals surface area contributed by atoms with Crippen LogP contribution < -0.4 is 10.5 Å². The smallest absolute Gasteiger partial charge is 0.221 e. The van der Waals surface area contributed by atoms with Gasteiger partial charge in [-0.05, 0) is 36.2 Å². The van der Waals surface area contributed by atoms with E-state index in [-0.39, 0.29) is 5.95 Å². The number of nitrogens with two attached hydrogens (primary N) is 1. The minimum atomic E-state index is 0.0976. The molecule has 0 saturated carbocycles. The lowest BCUT2D eigenvalue weighted by Crippen LogP contribution is -2.02. The van der Waals surface area contributed by atoms with Crippen LogP contribution >= 0.6 is 0 Å². The second kappa shape index (κ2) is 8.01. The summed E-state index contributed by atoms with van der Waals surface area (Å²) in [5.41, 5.74) is 11.0. The second-order valence-corrected chi connectivity index (χ2v) is 6.72. The fourth-order valence-electron chi connectivity index (χ4n) is 3.24. The molecule has 0 unspecified atom stereocenters. The molecule has 2 aromatic carbocycles. The van der Waals surface area contributed by atoms with Gasteiger partial charge in [-0.25, -0.2) is 14.6 Å². The zero-order chi connectivity index (χ0) is 21.1. The Morgan fingerprint density at radius 3 is 2.63 bits per heavy atom. The highest BCUT2D eigenvalue weighted by atomic mass is 16.5. The van der Waals surface area contributed by atoms with E-state index >= 15 is 0 Å². The molecule has 2 aromatic heterocycles. The van der Waals surface area contributed by atoms with Crippen molar-refractivity contribution in [3.8, 4) is 34.5 Å². The summed E-state index contributed by atoms with van der Waals surface area (Å²) in [5, 5.41) is 17.8. The largest absolute Gasteiger partial charge is 0.495 e.